The summed E-state index contributed by atoms with van der Waals surface area (Å²) in [4.78, 5) is 17.6. The molecule has 0 aliphatic rings. The number of nitrogens with zero attached hydrogens (tertiary/aromatic N) is 1. The number of anilines is 1. The van der Waals surface area contributed by atoms with E-state index in [9.17, 15) is 4.79 Å². The summed E-state index contributed by atoms with van der Waals surface area (Å²) in [5, 5.41) is 3.99. The van der Waals surface area contributed by atoms with Crippen LogP contribution in [0.15, 0.2) is 84.9 Å². The Labute approximate surface area is 171 Å². The molecule has 0 aliphatic heterocycles. The molecule has 3 nitrogen and oxygen atoms in total. The van der Waals surface area contributed by atoms with Gasteiger partial charge in [-0.1, -0.05) is 81.4 Å². The number of hydrogen-bond donors (Lipinski definition) is 1. The Balaban J connectivity index is 1.64. The third-order valence-electron chi connectivity index (χ3n) is 5.07. The van der Waals surface area contributed by atoms with Gasteiger partial charge in [0.15, 0.2) is 0 Å². The molecule has 0 fully saturated rings. The summed E-state index contributed by atoms with van der Waals surface area (Å²) < 4.78 is 0. The predicted molar refractivity (Wildman–Crippen MR) is 120 cm³/mol. The topological polar surface area (TPSA) is 42.0 Å². The van der Waals surface area contributed by atoms with Gasteiger partial charge in [0.1, 0.15) is 5.82 Å². The van der Waals surface area contributed by atoms with Gasteiger partial charge in [-0.3, -0.25) is 4.79 Å². The number of fused-ring (bicyclic) bond motifs is 1. The summed E-state index contributed by atoms with van der Waals surface area (Å²) in [6.07, 6.45) is 0. The molecule has 0 saturated heterocycles. The summed E-state index contributed by atoms with van der Waals surface area (Å²) in [5.41, 5.74) is 4.78. The van der Waals surface area contributed by atoms with Gasteiger partial charge >= 0.3 is 0 Å². The lowest BCUT2D eigenvalue weighted by Crippen LogP contribution is -2.14. The van der Waals surface area contributed by atoms with E-state index in [2.05, 4.69) is 55.3 Å². The standard InChI is InChI=1S/C26H24N2O/c1-26(2,3)20-15-12-18(13-16-20)21-9-5-6-10-22(21)25(29)28-24-17-14-19-8-4-7-11-23(19)27-24/h4-17H,1-3H3,(H,27,28,29). The molecule has 29 heavy (non-hydrogen) atoms. The Bertz CT molecular complexity index is 1170. The highest BCUT2D eigenvalue weighted by atomic mass is 16.1. The molecule has 1 N–H and O–H groups in total. The molecule has 3 heteroatoms. The van der Waals surface area contributed by atoms with Gasteiger partial charge in [0.25, 0.3) is 5.91 Å². The lowest BCUT2D eigenvalue weighted by Gasteiger charge is -2.19. The number of aromatic nitrogens is 1. The molecule has 4 aromatic rings. The van der Waals surface area contributed by atoms with Crippen LogP contribution in [0.2, 0.25) is 0 Å². The van der Waals surface area contributed by atoms with Crippen LogP contribution in [0.4, 0.5) is 5.82 Å². The molecule has 0 spiro atoms. The molecule has 4 rings (SSSR count). The molecule has 0 saturated carbocycles. The van der Waals surface area contributed by atoms with E-state index in [0.29, 0.717) is 11.4 Å². The molecule has 0 bridgehead atoms. The van der Waals surface area contributed by atoms with E-state index in [0.717, 1.165) is 22.0 Å². The largest absolute Gasteiger partial charge is 0.307 e. The van der Waals surface area contributed by atoms with Crippen LogP contribution in [-0.2, 0) is 5.41 Å². The van der Waals surface area contributed by atoms with Crippen molar-refractivity contribution in [1.29, 1.82) is 0 Å². The van der Waals surface area contributed by atoms with Crippen LogP contribution in [0.1, 0.15) is 36.7 Å². The van der Waals surface area contributed by atoms with Gasteiger partial charge in [-0.15, -0.1) is 0 Å². The highest BCUT2D eigenvalue weighted by Gasteiger charge is 2.16. The number of pyridine rings is 1. The van der Waals surface area contributed by atoms with Gasteiger partial charge in [0.2, 0.25) is 0 Å². The normalized spacial score (nSPS) is 11.4. The van der Waals surface area contributed by atoms with Crippen molar-refractivity contribution in [3.05, 3.63) is 96.1 Å². The Hall–Kier alpha value is -3.46. The number of benzene rings is 3. The molecule has 144 valence electrons. The fourth-order valence-corrected chi connectivity index (χ4v) is 3.40. The van der Waals surface area contributed by atoms with Crippen LogP contribution < -0.4 is 5.32 Å². The van der Waals surface area contributed by atoms with E-state index in [1.54, 1.807) is 0 Å². The highest BCUT2D eigenvalue weighted by Crippen LogP contribution is 2.28. The minimum Gasteiger partial charge on any atom is -0.307 e. The number of nitrogens with one attached hydrogen (secondary N) is 1. The first kappa shape index (κ1) is 18.9. The van der Waals surface area contributed by atoms with E-state index >= 15 is 0 Å². The molecule has 0 atom stereocenters. The average Bonchev–Trinajstić information content (AvgIpc) is 2.73. The van der Waals surface area contributed by atoms with Crippen molar-refractivity contribution in [2.75, 3.05) is 5.32 Å². The summed E-state index contributed by atoms with van der Waals surface area (Å²) in [5.74, 6) is 0.384. The zero-order valence-corrected chi connectivity index (χ0v) is 16.9. The second kappa shape index (κ2) is 7.51. The Kier molecular flexibility index (Phi) is 4.89. The highest BCUT2D eigenvalue weighted by molar-refractivity contribution is 6.08. The zero-order valence-electron chi connectivity index (χ0n) is 16.9. The van der Waals surface area contributed by atoms with Crippen molar-refractivity contribution in [1.82, 2.24) is 4.98 Å². The Morgan fingerprint density at radius 2 is 1.48 bits per heavy atom. The van der Waals surface area contributed by atoms with Gasteiger partial charge in [-0.2, -0.15) is 0 Å². The Morgan fingerprint density at radius 3 is 2.24 bits per heavy atom. The first-order valence-electron chi connectivity index (χ1n) is 9.79. The van der Waals surface area contributed by atoms with Crippen LogP contribution in [0.25, 0.3) is 22.0 Å². The van der Waals surface area contributed by atoms with Crippen molar-refractivity contribution in [3.8, 4) is 11.1 Å². The van der Waals surface area contributed by atoms with E-state index in [-0.39, 0.29) is 11.3 Å². The number of carbonyl (C=O) groups is 1. The summed E-state index contributed by atoms with van der Waals surface area (Å²) in [7, 11) is 0. The van der Waals surface area contributed by atoms with Gasteiger partial charge in [0.05, 0.1) is 5.52 Å². The van der Waals surface area contributed by atoms with Crippen LogP contribution in [0.3, 0.4) is 0 Å². The summed E-state index contributed by atoms with van der Waals surface area (Å²) >= 11 is 0. The van der Waals surface area contributed by atoms with Crippen LogP contribution in [0.5, 0.6) is 0 Å². The smallest absolute Gasteiger partial charge is 0.257 e. The van der Waals surface area contributed by atoms with Crippen molar-refractivity contribution in [3.63, 3.8) is 0 Å². The van der Waals surface area contributed by atoms with Crippen LogP contribution >= 0.6 is 0 Å². The first-order chi connectivity index (χ1) is 13.9. The summed E-state index contributed by atoms with van der Waals surface area (Å²) in [6, 6.07) is 27.8. The molecule has 1 amide bonds. The van der Waals surface area contributed by atoms with Crippen LogP contribution in [0, 0.1) is 0 Å². The van der Waals surface area contributed by atoms with Gasteiger partial charge in [0, 0.05) is 10.9 Å². The van der Waals surface area contributed by atoms with Crippen LogP contribution in [-0.4, -0.2) is 10.9 Å². The first-order valence-corrected chi connectivity index (χ1v) is 9.79. The van der Waals surface area contributed by atoms with E-state index in [4.69, 9.17) is 0 Å². The predicted octanol–water partition coefficient (Wildman–Crippen LogP) is 6.45. The zero-order chi connectivity index (χ0) is 20.4. The van der Waals surface area contributed by atoms with Crippen molar-refractivity contribution in [2.24, 2.45) is 0 Å². The molecule has 1 heterocycles. The Morgan fingerprint density at radius 1 is 0.793 bits per heavy atom. The van der Waals surface area contributed by atoms with Gasteiger partial charge in [-0.05, 0) is 46.4 Å². The second-order valence-corrected chi connectivity index (χ2v) is 8.22. The van der Waals surface area contributed by atoms with E-state index < -0.39 is 0 Å². The minimum atomic E-state index is -0.164. The molecule has 1 aromatic heterocycles. The molecular formula is C26H24N2O. The lowest BCUT2D eigenvalue weighted by molar-refractivity contribution is 0.102. The number of para-hydroxylation sites is 1. The third kappa shape index (κ3) is 4.04. The molecule has 3 aromatic carbocycles. The third-order valence-corrected chi connectivity index (χ3v) is 5.07. The minimum absolute atomic E-state index is 0.0944. The van der Waals surface area contributed by atoms with E-state index in [1.807, 2.05) is 60.7 Å². The molecule has 0 radical (unpaired) electrons. The number of rotatable bonds is 3. The molecular weight excluding hydrogens is 356 g/mol. The fourth-order valence-electron chi connectivity index (χ4n) is 3.40. The van der Waals surface area contributed by atoms with Crippen molar-refractivity contribution >= 4 is 22.6 Å². The van der Waals surface area contributed by atoms with Gasteiger partial charge in [-0.25, -0.2) is 4.98 Å². The summed E-state index contributed by atoms with van der Waals surface area (Å²) in [6.45, 7) is 6.58. The quantitative estimate of drug-likeness (QED) is 0.444. The van der Waals surface area contributed by atoms with E-state index in [1.165, 1.54) is 5.56 Å². The average molecular weight is 380 g/mol. The van der Waals surface area contributed by atoms with Gasteiger partial charge < -0.3 is 5.32 Å². The number of carbonyl (C=O) groups excluding carboxylic acids is 1. The molecule has 0 aliphatic carbocycles. The SMILES string of the molecule is CC(C)(C)c1ccc(-c2ccccc2C(=O)Nc2ccc3ccccc3n2)cc1. The number of amides is 1. The lowest BCUT2D eigenvalue weighted by atomic mass is 9.86. The maximum absolute atomic E-state index is 13.0. The number of hydrogen-bond acceptors (Lipinski definition) is 2. The van der Waals surface area contributed by atoms with Crippen molar-refractivity contribution < 1.29 is 4.79 Å². The maximum Gasteiger partial charge on any atom is 0.257 e. The fraction of sp³-hybridized carbons (Fsp3) is 0.154. The maximum atomic E-state index is 13.0. The monoisotopic (exact) mass is 380 g/mol. The molecule has 0 unspecified atom stereocenters. The second-order valence-electron chi connectivity index (χ2n) is 8.22. The van der Waals surface area contributed by atoms with Crippen molar-refractivity contribution in [2.45, 2.75) is 26.2 Å².